The molecule has 1 unspecified atom stereocenters. The molecule has 2 aromatic carbocycles. The van der Waals surface area contributed by atoms with Crippen LogP contribution in [0.3, 0.4) is 0 Å². The summed E-state index contributed by atoms with van der Waals surface area (Å²) in [6.07, 6.45) is 1.04. The highest BCUT2D eigenvalue weighted by atomic mass is 32.1. The van der Waals surface area contributed by atoms with Crippen molar-refractivity contribution in [1.29, 1.82) is 0 Å². The first kappa shape index (κ1) is 14.5. The van der Waals surface area contributed by atoms with Crippen LogP contribution in [0, 0.1) is 0 Å². The molecule has 4 heteroatoms. The number of amides is 1. The van der Waals surface area contributed by atoms with Crippen LogP contribution in [-0.2, 0) is 11.2 Å². The largest absolute Gasteiger partial charge is 0.392 e. The number of nitrogens with two attached hydrogens (primary N) is 1. The van der Waals surface area contributed by atoms with Crippen LogP contribution in [0.4, 0.5) is 0 Å². The van der Waals surface area contributed by atoms with Gasteiger partial charge in [0.15, 0.2) is 0 Å². The molecular weight excluding hydrogens is 268 g/mol. The minimum Gasteiger partial charge on any atom is -0.392 e. The van der Waals surface area contributed by atoms with E-state index in [1.807, 2.05) is 49.4 Å². The van der Waals surface area contributed by atoms with Crippen molar-refractivity contribution in [1.82, 2.24) is 5.32 Å². The van der Waals surface area contributed by atoms with Crippen molar-refractivity contribution in [2.24, 2.45) is 5.73 Å². The molecule has 2 rings (SSSR count). The van der Waals surface area contributed by atoms with Crippen LogP contribution in [0.1, 0.15) is 18.9 Å². The molecule has 1 atom stereocenters. The summed E-state index contributed by atoms with van der Waals surface area (Å²) in [5.74, 6) is -0.0546. The Morgan fingerprint density at radius 1 is 1.25 bits per heavy atom. The van der Waals surface area contributed by atoms with E-state index in [1.165, 1.54) is 0 Å². The molecule has 0 spiro atoms. The summed E-state index contributed by atoms with van der Waals surface area (Å²) in [6.45, 7) is 1.95. The topological polar surface area (TPSA) is 55.1 Å². The Balaban J connectivity index is 2.16. The predicted octanol–water partition coefficient (Wildman–Crippen LogP) is 2.56. The molecule has 0 heterocycles. The Morgan fingerprint density at radius 3 is 2.65 bits per heavy atom. The van der Waals surface area contributed by atoms with Crippen molar-refractivity contribution in [3.05, 3.63) is 48.0 Å². The van der Waals surface area contributed by atoms with E-state index in [4.69, 9.17) is 18.0 Å². The van der Waals surface area contributed by atoms with Crippen molar-refractivity contribution in [3.63, 3.8) is 0 Å². The van der Waals surface area contributed by atoms with Crippen molar-refractivity contribution in [3.8, 4) is 0 Å². The predicted molar refractivity (Wildman–Crippen MR) is 86.7 cm³/mol. The van der Waals surface area contributed by atoms with Crippen LogP contribution in [-0.4, -0.2) is 16.9 Å². The second kappa shape index (κ2) is 6.48. The first-order chi connectivity index (χ1) is 9.61. The number of rotatable bonds is 5. The van der Waals surface area contributed by atoms with Crippen molar-refractivity contribution >= 4 is 33.9 Å². The summed E-state index contributed by atoms with van der Waals surface area (Å²) in [4.78, 5) is 12.4. The van der Waals surface area contributed by atoms with Crippen LogP contribution in [0.5, 0.6) is 0 Å². The van der Waals surface area contributed by atoms with E-state index in [-0.39, 0.29) is 11.9 Å². The van der Waals surface area contributed by atoms with Gasteiger partial charge in [-0.25, -0.2) is 0 Å². The molecule has 0 saturated heterocycles. The zero-order chi connectivity index (χ0) is 14.5. The minimum absolute atomic E-state index is 0.0546. The number of fused-ring (bicyclic) bond motifs is 1. The third kappa shape index (κ3) is 3.33. The van der Waals surface area contributed by atoms with Crippen LogP contribution >= 0.6 is 12.2 Å². The maximum atomic E-state index is 12.1. The van der Waals surface area contributed by atoms with Gasteiger partial charge in [0.2, 0.25) is 5.91 Å². The number of benzene rings is 2. The summed E-state index contributed by atoms with van der Waals surface area (Å²) < 4.78 is 0. The zero-order valence-corrected chi connectivity index (χ0v) is 12.2. The number of hydrogen-bond acceptors (Lipinski definition) is 2. The second-order valence-electron chi connectivity index (χ2n) is 4.75. The van der Waals surface area contributed by atoms with Crippen LogP contribution in [0.25, 0.3) is 10.8 Å². The van der Waals surface area contributed by atoms with Gasteiger partial charge in [-0.05, 0) is 22.8 Å². The summed E-state index contributed by atoms with van der Waals surface area (Å²) in [6, 6.07) is 13.8. The van der Waals surface area contributed by atoms with Gasteiger partial charge in [-0.3, -0.25) is 4.79 Å². The highest BCUT2D eigenvalue weighted by molar-refractivity contribution is 7.80. The Morgan fingerprint density at radius 2 is 1.95 bits per heavy atom. The molecule has 3 nitrogen and oxygen atoms in total. The molecule has 0 fully saturated rings. The molecule has 0 bridgehead atoms. The smallest absolute Gasteiger partial charge is 0.225 e. The Labute approximate surface area is 124 Å². The Bertz CT molecular complexity index is 634. The number of thiocarbonyl (C=S) groups is 1. The van der Waals surface area contributed by atoms with E-state index in [9.17, 15) is 4.79 Å². The highest BCUT2D eigenvalue weighted by Crippen LogP contribution is 2.18. The van der Waals surface area contributed by atoms with Gasteiger partial charge in [-0.2, -0.15) is 0 Å². The minimum atomic E-state index is -0.229. The van der Waals surface area contributed by atoms with Crippen LogP contribution in [0.2, 0.25) is 0 Å². The summed E-state index contributed by atoms with van der Waals surface area (Å²) >= 11 is 4.94. The maximum Gasteiger partial charge on any atom is 0.225 e. The summed E-state index contributed by atoms with van der Waals surface area (Å²) in [7, 11) is 0. The Hall–Kier alpha value is -1.94. The normalized spacial score (nSPS) is 12.1. The average molecular weight is 286 g/mol. The second-order valence-corrected chi connectivity index (χ2v) is 5.22. The van der Waals surface area contributed by atoms with Crippen molar-refractivity contribution in [2.75, 3.05) is 0 Å². The van der Waals surface area contributed by atoms with Gasteiger partial charge in [0.05, 0.1) is 17.5 Å². The fourth-order valence-electron chi connectivity index (χ4n) is 2.24. The monoisotopic (exact) mass is 286 g/mol. The lowest BCUT2D eigenvalue weighted by Crippen LogP contribution is -2.43. The fourth-order valence-corrected chi connectivity index (χ4v) is 2.46. The molecule has 104 valence electrons. The maximum absolute atomic E-state index is 12.1. The molecule has 0 aliphatic carbocycles. The standard InChI is InChI=1S/C16H18N2OS/c1-2-14(16(17)20)18-15(19)10-12-8-5-7-11-6-3-4-9-13(11)12/h3-9,14H,2,10H2,1H3,(H2,17,20)(H,18,19). The van der Waals surface area contributed by atoms with Crippen molar-refractivity contribution in [2.45, 2.75) is 25.8 Å². The van der Waals surface area contributed by atoms with Gasteiger partial charge < -0.3 is 11.1 Å². The van der Waals surface area contributed by atoms with Crippen LogP contribution < -0.4 is 11.1 Å². The molecule has 2 aromatic rings. The molecule has 0 radical (unpaired) electrons. The number of hydrogen-bond donors (Lipinski definition) is 2. The number of carbonyl (C=O) groups is 1. The molecule has 3 N–H and O–H groups in total. The highest BCUT2D eigenvalue weighted by Gasteiger charge is 2.13. The van der Waals surface area contributed by atoms with Gasteiger partial charge in [0.25, 0.3) is 0 Å². The summed E-state index contributed by atoms with van der Waals surface area (Å²) in [5.41, 5.74) is 6.61. The lowest BCUT2D eigenvalue weighted by Gasteiger charge is -2.15. The Kier molecular flexibility index (Phi) is 4.69. The molecule has 0 aliphatic heterocycles. The van der Waals surface area contributed by atoms with Crippen LogP contribution in [0.15, 0.2) is 42.5 Å². The summed E-state index contributed by atoms with van der Waals surface area (Å²) in [5, 5.41) is 5.12. The van der Waals surface area contributed by atoms with Gasteiger partial charge >= 0.3 is 0 Å². The SMILES string of the molecule is CCC(NC(=O)Cc1cccc2ccccc12)C(N)=S. The molecular formula is C16H18N2OS. The molecule has 20 heavy (non-hydrogen) atoms. The van der Waals surface area contributed by atoms with Gasteiger partial charge in [0.1, 0.15) is 0 Å². The van der Waals surface area contributed by atoms with E-state index in [2.05, 4.69) is 5.32 Å². The van der Waals surface area contributed by atoms with Crippen molar-refractivity contribution < 1.29 is 4.79 Å². The quantitative estimate of drug-likeness (QED) is 0.831. The third-order valence-electron chi connectivity index (χ3n) is 3.32. The lowest BCUT2D eigenvalue weighted by molar-refractivity contribution is -0.120. The molecule has 1 amide bonds. The first-order valence-electron chi connectivity index (χ1n) is 6.67. The van der Waals surface area contributed by atoms with E-state index in [0.29, 0.717) is 17.8 Å². The lowest BCUT2D eigenvalue weighted by atomic mass is 10.0. The third-order valence-corrected chi connectivity index (χ3v) is 3.60. The molecule has 0 saturated carbocycles. The van der Waals surface area contributed by atoms with E-state index in [0.717, 1.165) is 16.3 Å². The first-order valence-corrected chi connectivity index (χ1v) is 7.08. The van der Waals surface area contributed by atoms with Gasteiger partial charge in [-0.15, -0.1) is 0 Å². The average Bonchev–Trinajstić information content (AvgIpc) is 2.45. The van der Waals surface area contributed by atoms with Gasteiger partial charge in [-0.1, -0.05) is 61.6 Å². The van der Waals surface area contributed by atoms with Gasteiger partial charge in [0, 0.05) is 0 Å². The number of carbonyl (C=O) groups excluding carboxylic acids is 1. The van der Waals surface area contributed by atoms with E-state index < -0.39 is 0 Å². The molecule has 0 aromatic heterocycles. The zero-order valence-electron chi connectivity index (χ0n) is 11.4. The van der Waals surface area contributed by atoms with E-state index in [1.54, 1.807) is 0 Å². The van der Waals surface area contributed by atoms with E-state index >= 15 is 0 Å². The number of nitrogens with one attached hydrogen (secondary N) is 1. The fraction of sp³-hybridized carbons (Fsp3) is 0.250. The molecule has 0 aliphatic rings.